The highest BCUT2D eigenvalue weighted by atomic mass is 32.1. The number of rotatable bonds is 3. The first-order chi connectivity index (χ1) is 5.74. The van der Waals surface area contributed by atoms with E-state index in [9.17, 15) is 4.79 Å². The number of hydrogen-bond acceptors (Lipinski definition) is 3. The van der Waals surface area contributed by atoms with Gasteiger partial charge in [0, 0.05) is 16.2 Å². The Balaban J connectivity index is 2.78. The summed E-state index contributed by atoms with van der Waals surface area (Å²) in [5.74, 6) is 0. The smallest absolute Gasteiger partial charge is 0.120 e. The number of aldehydes is 1. The van der Waals surface area contributed by atoms with Gasteiger partial charge in [-0.3, -0.25) is 0 Å². The minimum Gasteiger partial charge on any atom is -0.303 e. The largest absolute Gasteiger partial charge is 0.303 e. The Bertz CT molecular complexity index is 284. The molecular formula is C9H10OS2. The molecule has 1 aromatic rings. The number of carbonyl (C=O) groups excluding carboxylic acids is 1. The van der Waals surface area contributed by atoms with Crippen molar-refractivity contribution in [3.05, 3.63) is 23.8 Å². The van der Waals surface area contributed by atoms with Crippen LogP contribution in [0, 0.1) is 0 Å². The SMILES string of the molecule is O=CCCc1ccc(S)cc1S. The van der Waals surface area contributed by atoms with E-state index in [2.05, 4.69) is 25.3 Å². The molecule has 1 aromatic carbocycles. The van der Waals surface area contributed by atoms with Gasteiger partial charge >= 0.3 is 0 Å². The van der Waals surface area contributed by atoms with Gasteiger partial charge in [0.2, 0.25) is 0 Å². The lowest BCUT2D eigenvalue weighted by atomic mass is 10.1. The van der Waals surface area contributed by atoms with Crippen molar-refractivity contribution in [2.45, 2.75) is 22.6 Å². The van der Waals surface area contributed by atoms with Gasteiger partial charge in [0.25, 0.3) is 0 Å². The minimum absolute atomic E-state index is 0.555. The molecule has 0 aliphatic carbocycles. The Hall–Kier alpha value is -0.410. The third-order valence-corrected chi connectivity index (χ3v) is 2.29. The summed E-state index contributed by atoms with van der Waals surface area (Å²) in [4.78, 5) is 11.9. The van der Waals surface area contributed by atoms with Crippen molar-refractivity contribution in [2.24, 2.45) is 0 Å². The zero-order valence-corrected chi connectivity index (χ0v) is 8.32. The first-order valence-electron chi connectivity index (χ1n) is 3.68. The van der Waals surface area contributed by atoms with Crippen molar-refractivity contribution < 1.29 is 4.79 Å². The van der Waals surface area contributed by atoms with Crippen molar-refractivity contribution in [3.8, 4) is 0 Å². The van der Waals surface area contributed by atoms with Crippen LogP contribution in [0.2, 0.25) is 0 Å². The van der Waals surface area contributed by atoms with Gasteiger partial charge in [-0.2, -0.15) is 0 Å². The van der Waals surface area contributed by atoms with Crippen LogP contribution in [0.15, 0.2) is 28.0 Å². The quantitative estimate of drug-likeness (QED) is 0.563. The van der Waals surface area contributed by atoms with Crippen LogP contribution < -0.4 is 0 Å². The van der Waals surface area contributed by atoms with Crippen LogP contribution in [-0.4, -0.2) is 6.29 Å². The summed E-state index contributed by atoms with van der Waals surface area (Å²) < 4.78 is 0. The fourth-order valence-electron chi connectivity index (χ4n) is 0.978. The molecule has 0 saturated carbocycles. The Kier molecular flexibility index (Phi) is 3.69. The fourth-order valence-corrected chi connectivity index (χ4v) is 1.61. The van der Waals surface area contributed by atoms with E-state index in [1.165, 1.54) is 0 Å². The van der Waals surface area contributed by atoms with E-state index >= 15 is 0 Å². The predicted molar refractivity (Wildman–Crippen MR) is 55.3 cm³/mol. The third kappa shape index (κ3) is 2.57. The molecule has 64 valence electrons. The average molecular weight is 198 g/mol. The maximum absolute atomic E-state index is 10.1. The van der Waals surface area contributed by atoms with E-state index in [4.69, 9.17) is 0 Å². The van der Waals surface area contributed by atoms with Crippen LogP contribution in [0.25, 0.3) is 0 Å². The molecule has 0 spiro atoms. The van der Waals surface area contributed by atoms with Gasteiger partial charge in [0.05, 0.1) is 0 Å². The Morgan fingerprint density at radius 1 is 1.33 bits per heavy atom. The molecule has 0 radical (unpaired) electrons. The van der Waals surface area contributed by atoms with Crippen LogP contribution in [0.5, 0.6) is 0 Å². The van der Waals surface area contributed by atoms with E-state index in [-0.39, 0.29) is 0 Å². The minimum atomic E-state index is 0.555. The van der Waals surface area contributed by atoms with Gasteiger partial charge in [0.15, 0.2) is 0 Å². The highest BCUT2D eigenvalue weighted by Crippen LogP contribution is 2.19. The maximum Gasteiger partial charge on any atom is 0.120 e. The van der Waals surface area contributed by atoms with Gasteiger partial charge in [-0.25, -0.2) is 0 Å². The summed E-state index contributed by atoms with van der Waals surface area (Å²) in [5, 5.41) is 0. The summed E-state index contributed by atoms with van der Waals surface area (Å²) in [6.45, 7) is 0. The predicted octanol–water partition coefficient (Wildman–Crippen LogP) is 2.40. The van der Waals surface area contributed by atoms with Crippen molar-refractivity contribution in [3.63, 3.8) is 0 Å². The second kappa shape index (κ2) is 4.58. The molecule has 0 unspecified atom stereocenters. The van der Waals surface area contributed by atoms with Crippen LogP contribution in [0.4, 0.5) is 0 Å². The number of benzene rings is 1. The molecular weight excluding hydrogens is 188 g/mol. The lowest BCUT2D eigenvalue weighted by Crippen LogP contribution is -1.87. The topological polar surface area (TPSA) is 17.1 Å². The monoisotopic (exact) mass is 198 g/mol. The van der Waals surface area contributed by atoms with Crippen molar-refractivity contribution >= 4 is 31.5 Å². The Labute approximate surface area is 83.0 Å². The molecule has 0 aromatic heterocycles. The maximum atomic E-state index is 10.1. The lowest BCUT2D eigenvalue weighted by Gasteiger charge is -2.02. The number of aryl methyl sites for hydroxylation is 1. The first kappa shape index (κ1) is 9.68. The normalized spacial score (nSPS) is 9.83. The molecule has 0 aliphatic rings. The van der Waals surface area contributed by atoms with E-state index in [0.29, 0.717) is 6.42 Å². The van der Waals surface area contributed by atoms with Gasteiger partial charge in [-0.05, 0) is 24.1 Å². The van der Waals surface area contributed by atoms with Crippen LogP contribution in [0.1, 0.15) is 12.0 Å². The first-order valence-corrected chi connectivity index (χ1v) is 4.58. The van der Waals surface area contributed by atoms with Crippen LogP contribution in [-0.2, 0) is 11.2 Å². The molecule has 0 fully saturated rings. The van der Waals surface area contributed by atoms with Crippen molar-refractivity contribution in [1.82, 2.24) is 0 Å². The van der Waals surface area contributed by atoms with E-state index in [1.807, 2.05) is 18.2 Å². The molecule has 0 N–H and O–H groups in total. The molecule has 0 heterocycles. The Morgan fingerprint density at radius 3 is 2.67 bits per heavy atom. The summed E-state index contributed by atoms with van der Waals surface area (Å²) in [6, 6.07) is 5.74. The zero-order chi connectivity index (χ0) is 8.97. The van der Waals surface area contributed by atoms with E-state index < -0.39 is 0 Å². The van der Waals surface area contributed by atoms with Gasteiger partial charge in [-0.1, -0.05) is 6.07 Å². The molecule has 0 amide bonds. The number of carbonyl (C=O) groups is 1. The number of hydrogen-bond donors (Lipinski definition) is 2. The molecule has 0 bridgehead atoms. The molecule has 0 aliphatic heterocycles. The summed E-state index contributed by atoms with van der Waals surface area (Å²) >= 11 is 8.45. The molecule has 0 atom stereocenters. The van der Waals surface area contributed by atoms with Gasteiger partial charge < -0.3 is 4.79 Å². The second-order valence-electron chi connectivity index (χ2n) is 2.52. The molecule has 0 saturated heterocycles. The standard InChI is InChI=1S/C9H10OS2/c10-5-1-2-7-3-4-8(11)6-9(7)12/h3-6,11-12H,1-2H2. The molecule has 1 nitrogen and oxygen atoms in total. The van der Waals surface area contributed by atoms with Crippen molar-refractivity contribution in [2.75, 3.05) is 0 Å². The molecule has 1 rings (SSSR count). The molecule has 12 heavy (non-hydrogen) atoms. The highest BCUT2D eigenvalue weighted by Gasteiger charge is 1.98. The third-order valence-electron chi connectivity index (χ3n) is 1.60. The van der Waals surface area contributed by atoms with Crippen LogP contribution in [0.3, 0.4) is 0 Å². The fraction of sp³-hybridized carbons (Fsp3) is 0.222. The number of thiol groups is 2. The van der Waals surface area contributed by atoms with Crippen molar-refractivity contribution in [1.29, 1.82) is 0 Å². The Morgan fingerprint density at radius 2 is 2.08 bits per heavy atom. The summed E-state index contributed by atoms with van der Waals surface area (Å²) in [5.41, 5.74) is 1.10. The summed E-state index contributed by atoms with van der Waals surface area (Å²) in [7, 11) is 0. The van der Waals surface area contributed by atoms with E-state index in [0.717, 1.165) is 28.1 Å². The molecule has 3 heteroatoms. The second-order valence-corrected chi connectivity index (χ2v) is 3.52. The zero-order valence-electron chi connectivity index (χ0n) is 6.53. The van der Waals surface area contributed by atoms with E-state index in [1.54, 1.807) is 0 Å². The highest BCUT2D eigenvalue weighted by molar-refractivity contribution is 7.81. The summed E-state index contributed by atoms with van der Waals surface area (Å²) in [6.07, 6.45) is 2.23. The van der Waals surface area contributed by atoms with Gasteiger partial charge in [0.1, 0.15) is 6.29 Å². The van der Waals surface area contributed by atoms with Crippen LogP contribution >= 0.6 is 25.3 Å². The van der Waals surface area contributed by atoms with Gasteiger partial charge in [-0.15, -0.1) is 25.3 Å². The lowest BCUT2D eigenvalue weighted by molar-refractivity contribution is -0.107. The average Bonchev–Trinajstić information content (AvgIpc) is 2.03.